The van der Waals surface area contributed by atoms with Gasteiger partial charge in [0.2, 0.25) is 0 Å². The molecule has 0 atom stereocenters. The molecule has 0 radical (unpaired) electrons. The Kier molecular flexibility index (Phi) is 7.37. The third kappa shape index (κ3) is 5.53. The number of methoxy groups -OCH3 is 2. The maximum Gasteiger partial charge on any atom is 0.187 e. The Bertz CT molecular complexity index is 1250. The summed E-state index contributed by atoms with van der Waals surface area (Å²) < 4.78 is 11.8. The van der Waals surface area contributed by atoms with Crippen molar-refractivity contribution in [2.75, 3.05) is 50.2 Å². The molecular formula is C27H26ClN3O2S2. The van der Waals surface area contributed by atoms with Crippen molar-refractivity contribution < 1.29 is 9.47 Å². The van der Waals surface area contributed by atoms with E-state index in [1.54, 1.807) is 37.3 Å². The van der Waals surface area contributed by atoms with Gasteiger partial charge in [0, 0.05) is 47.3 Å². The number of hydrogen-bond donors (Lipinski definition) is 0. The van der Waals surface area contributed by atoms with E-state index in [2.05, 4.69) is 46.2 Å². The number of thiazole rings is 1. The van der Waals surface area contributed by atoms with Gasteiger partial charge >= 0.3 is 0 Å². The summed E-state index contributed by atoms with van der Waals surface area (Å²) in [6.45, 7) is 3.74. The van der Waals surface area contributed by atoms with Crippen molar-refractivity contribution in [3.63, 3.8) is 0 Å². The molecule has 180 valence electrons. The normalized spacial score (nSPS) is 13.7. The largest absolute Gasteiger partial charge is 0.497 e. The van der Waals surface area contributed by atoms with Crippen LogP contribution in [0.5, 0.6) is 11.5 Å². The SMILES string of the molecule is COc1ccc(-c2nc(N3CCN(c4ccc(OC)cc4)CC3)sc2Sc2ccc(Cl)cc2)cc1. The minimum atomic E-state index is 0.740. The maximum absolute atomic E-state index is 6.10. The fourth-order valence-electron chi connectivity index (χ4n) is 3.99. The molecule has 5 nitrogen and oxygen atoms in total. The lowest BCUT2D eigenvalue weighted by atomic mass is 10.2. The minimum absolute atomic E-state index is 0.740. The molecule has 0 N–H and O–H groups in total. The van der Waals surface area contributed by atoms with Crippen LogP contribution in [0.15, 0.2) is 81.9 Å². The van der Waals surface area contributed by atoms with E-state index in [-0.39, 0.29) is 0 Å². The number of nitrogens with zero attached hydrogens (tertiary/aromatic N) is 3. The Labute approximate surface area is 219 Å². The zero-order valence-corrected chi connectivity index (χ0v) is 22.0. The lowest BCUT2D eigenvalue weighted by Crippen LogP contribution is -2.46. The molecule has 4 aromatic rings. The highest BCUT2D eigenvalue weighted by Gasteiger charge is 2.23. The van der Waals surface area contributed by atoms with Gasteiger partial charge in [0.05, 0.1) is 24.1 Å². The van der Waals surface area contributed by atoms with Crippen molar-refractivity contribution in [2.45, 2.75) is 9.10 Å². The van der Waals surface area contributed by atoms with E-state index in [4.69, 9.17) is 26.1 Å². The number of anilines is 2. The highest BCUT2D eigenvalue weighted by molar-refractivity contribution is 8.01. The lowest BCUT2D eigenvalue weighted by molar-refractivity contribution is 0.414. The molecule has 2 heterocycles. The Morgan fingerprint density at radius 1 is 0.771 bits per heavy atom. The number of ether oxygens (including phenoxy) is 2. The summed E-state index contributed by atoms with van der Waals surface area (Å²) in [5, 5.41) is 1.80. The predicted octanol–water partition coefficient (Wildman–Crippen LogP) is 6.96. The van der Waals surface area contributed by atoms with Crippen LogP contribution in [-0.4, -0.2) is 45.4 Å². The standard InChI is InChI=1S/C27H26ClN3O2S2/c1-32-22-9-3-19(4-10-22)25-26(34-24-13-5-20(28)6-14-24)35-27(29-25)31-17-15-30(16-18-31)21-7-11-23(33-2)12-8-21/h3-14H,15-18H2,1-2H3. The Hall–Kier alpha value is -2.87. The molecule has 5 rings (SSSR count). The summed E-state index contributed by atoms with van der Waals surface area (Å²) in [4.78, 5) is 11.1. The van der Waals surface area contributed by atoms with Crippen LogP contribution in [0, 0.1) is 0 Å². The quantitative estimate of drug-likeness (QED) is 0.261. The molecule has 0 spiro atoms. The maximum atomic E-state index is 6.10. The Morgan fingerprint density at radius 2 is 1.34 bits per heavy atom. The first-order chi connectivity index (χ1) is 17.1. The second-order valence-corrected chi connectivity index (χ2v) is 10.8. The summed E-state index contributed by atoms with van der Waals surface area (Å²) in [6.07, 6.45) is 0. The van der Waals surface area contributed by atoms with Crippen molar-refractivity contribution in [3.8, 4) is 22.8 Å². The van der Waals surface area contributed by atoms with Gasteiger partial charge in [-0.2, -0.15) is 0 Å². The topological polar surface area (TPSA) is 37.8 Å². The monoisotopic (exact) mass is 523 g/mol. The molecule has 0 aliphatic carbocycles. The third-order valence-corrected chi connectivity index (χ3v) is 8.51. The first-order valence-corrected chi connectivity index (χ1v) is 13.4. The Morgan fingerprint density at radius 3 is 1.94 bits per heavy atom. The number of halogens is 1. The second-order valence-electron chi connectivity index (χ2n) is 8.09. The van der Waals surface area contributed by atoms with Gasteiger partial charge in [-0.3, -0.25) is 0 Å². The highest BCUT2D eigenvalue weighted by Crippen LogP contribution is 2.43. The zero-order valence-electron chi connectivity index (χ0n) is 19.6. The summed E-state index contributed by atoms with van der Waals surface area (Å²) in [5.74, 6) is 1.72. The van der Waals surface area contributed by atoms with Gasteiger partial charge in [-0.25, -0.2) is 4.98 Å². The van der Waals surface area contributed by atoms with Gasteiger partial charge in [0.25, 0.3) is 0 Å². The van der Waals surface area contributed by atoms with Crippen LogP contribution in [0.4, 0.5) is 10.8 Å². The van der Waals surface area contributed by atoms with Crippen LogP contribution in [0.1, 0.15) is 0 Å². The predicted molar refractivity (Wildman–Crippen MR) is 147 cm³/mol. The van der Waals surface area contributed by atoms with E-state index < -0.39 is 0 Å². The van der Waals surface area contributed by atoms with Crippen molar-refractivity contribution in [3.05, 3.63) is 77.8 Å². The summed E-state index contributed by atoms with van der Waals surface area (Å²) in [6, 6.07) is 24.4. The van der Waals surface area contributed by atoms with Gasteiger partial charge < -0.3 is 19.3 Å². The molecular weight excluding hydrogens is 498 g/mol. The molecule has 0 bridgehead atoms. The van der Waals surface area contributed by atoms with E-state index in [0.717, 1.165) is 64.0 Å². The molecule has 1 fully saturated rings. The van der Waals surface area contributed by atoms with Crippen LogP contribution in [0.2, 0.25) is 5.02 Å². The second kappa shape index (κ2) is 10.8. The summed E-state index contributed by atoms with van der Waals surface area (Å²) >= 11 is 9.58. The molecule has 35 heavy (non-hydrogen) atoms. The molecule has 0 saturated carbocycles. The molecule has 0 unspecified atom stereocenters. The van der Waals surface area contributed by atoms with Crippen LogP contribution in [-0.2, 0) is 0 Å². The van der Waals surface area contributed by atoms with Crippen LogP contribution in [0.3, 0.4) is 0 Å². The molecule has 1 aliphatic heterocycles. The molecule has 0 amide bonds. The Balaban J connectivity index is 1.37. The van der Waals surface area contributed by atoms with Gasteiger partial charge in [-0.05, 0) is 72.8 Å². The first-order valence-electron chi connectivity index (χ1n) is 11.4. The number of rotatable bonds is 7. The van der Waals surface area contributed by atoms with E-state index in [1.165, 1.54) is 9.90 Å². The van der Waals surface area contributed by atoms with Crippen LogP contribution < -0.4 is 19.3 Å². The van der Waals surface area contributed by atoms with E-state index in [0.29, 0.717) is 0 Å². The number of aromatic nitrogens is 1. The average Bonchev–Trinajstić information content (AvgIpc) is 3.34. The van der Waals surface area contributed by atoms with Gasteiger partial charge in [0.15, 0.2) is 5.13 Å². The van der Waals surface area contributed by atoms with Crippen molar-refractivity contribution in [1.82, 2.24) is 4.98 Å². The van der Waals surface area contributed by atoms with Crippen LogP contribution >= 0.6 is 34.7 Å². The van der Waals surface area contributed by atoms with E-state index >= 15 is 0 Å². The summed E-state index contributed by atoms with van der Waals surface area (Å²) in [5.41, 5.74) is 3.31. The van der Waals surface area contributed by atoms with E-state index in [1.807, 2.05) is 36.4 Å². The number of benzene rings is 3. The molecule has 1 saturated heterocycles. The minimum Gasteiger partial charge on any atom is -0.497 e. The van der Waals surface area contributed by atoms with Crippen molar-refractivity contribution >= 4 is 45.5 Å². The van der Waals surface area contributed by atoms with Gasteiger partial charge in [-0.15, -0.1) is 0 Å². The molecule has 1 aromatic heterocycles. The number of piperazine rings is 1. The lowest BCUT2D eigenvalue weighted by Gasteiger charge is -2.36. The van der Waals surface area contributed by atoms with Crippen molar-refractivity contribution in [1.29, 1.82) is 0 Å². The fraction of sp³-hybridized carbons (Fsp3) is 0.222. The van der Waals surface area contributed by atoms with Crippen molar-refractivity contribution in [2.24, 2.45) is 0 Å². The van der Waals surface area contributed by atoms with E-state index in [9.17, 15) is 0 Å². The van der Waals surface area contributed by atoms with Crippen LogP contribution in [0.25, 0.3) is 11.3 Å². The fourth-order valence-corrected chi connectivity index (χ4v) is 6.42. The first kappa shape index (κ1) is 23.9. The smallest absolute Gasteiger partial charge is 0.187 e. The zero-order chi connectivity index (χ0) is 24.2. The van der Waals surface area contributed by atoms with Gasteiger partial charge in [-0.1, -0.05) is 34.7 Å². The van der Waals surface area contributed by atoms with Gasteiger partial charge in [0.1, 0.15) is 11.5 Å². The third-order valence-electron chi connectivity index (χ3n) is 5.96. The molecule has 3 aromatic carbocycles. The highest BCUT2D eigenvalue weighted by atomic mass is 35.5. The molecule has 1 aliphatic rings. The number of hydrogen-bond acceptors (Lipinski definition) is 7. The average molecular weight is 524 g/mol. The summed E-state index contributed by atoms with van der Waals surface area (Å²) in [7, 11) is 3.38. The molecule has 8 heteroatoms.